The van der Waals surface area contributed by atoms with Crippen molar-refractivity contribution >= 4 is 10.8 Å². The molecule has 1 atom stereocenters. The summed E-state index contributed by atoms with van der Waals surface area (Å²) in [6, 6.07) is 25.4. The molecule has 0 amide bonds. The van der Waals surface area contributed by atoms with Gasteiger partial charge in [0.05, 0.1) is 5.54 Å². The van der Waals surface area contributed by atoms with Gasteiger partial charge < -0.3 is 5.73 Å². The Morgan fingerprint density at radius 1 is 0.810 bits per heavy atom. The van der Waals surface area contributed by atoms with Gasteiger partial charge in [-0.3, -0.25) is 0 Å². The molecular weight excluding hydrogens is 254 g/mol. The quantitative estimate of drug-likeness (QED) is 0.724. The standard InChI is InChI=1S/C20H21N/c1-2-15-20(21,17-11-4-3-5-12-17)19-14-8-10-16-9-6-7-13-18(16)19/h3-14H,2,15,21H2,1H3. The Morgan fingerprint density at radius 2 is 1.48 bits per heavy atom. The molecule has 0 saturated carbocycles. The number of benzene rings is 3. The van der Waals surface area contributed by atoms with Crippen molar-refractivity contribution in [3.05, 3.63) is 83.9 Å². The lowest BCUT2D eigenvalue weighted by Crippen LogP contribution is -2.38. The highest BCUT2D eigenvalue weighted by Crippen LogP contribution is 2.35. The maximum Gasteiger partial charge on any atom is 0.0671 e. The fourth-order valence-electron chi connectivity index (χ4n) is 3.18. The predicted octanol–water partition coefficient (Wildman–Crippen LogP) is 4.84. The summed E-state index contributed by atoms with van der Waals surface area (Å²) in [6.07, 6.45) is 1.99. The van der Waals surface area contributed by atoms with Gasteiger partial charge in [-0.1, -0.05) is 86.1 Å². The molecular formula is C20H21N. The van der Waals surface area contributed by atoms with Crippen molar-refractivity contribution in [1.82, 2.24) is 0 Å². The van der Waals surface area contributed by atoms with Gasteiger partial charge in [-0.25, -0.2) is 0 Å². The van der Waals surface area contributed by atoms with E-state index >= 15 is 0 Å². The van der Waals surface area contributed by atoms with E-state index in [-0.39, 0.29) is 0 Å². The zero-order valence-electron chi connectivity index (χ0n) is 12.4. The van der Waals surface area contributed by atoms with Gasteiger partial charge in [-0.2, -0.15) is 0 Å². The molecule has 106 valence electrons. The summed E-state index contributed by atoms with van der Waals surface area (Å²) < 4.78 is 0. The van der Waals surface area contributed by atoms with Gasteiger partial charge in [0.15, 0.2) is 0 Å². The van der Waals surface area contributed by atoms with Crippen molar-refractivity contribution in [3.63, 3.8) is 0 Å². The van der Waals surface area contributed by atoms with Crippen LogP contribution in [0, 0.1) is 0 Å². The van der Waals surface area contributed by atoms with Crippen LogP contribution in [0.15, 0.2) is 72.8 Å². The molecule has 3 aromatic rings. The Morgan fingerprint density at radius 3 is 2.24 bits per heavy atom. The van der Waals surface area contributed by atoms with Crippen molar-refractivity contribution in [1.29, 1.82) is 0 Å². The summed E-state index contributed by atoms with van der Waals surface area (Å²) in [5, 5.41) is 2.50. The smallest absolute Gasteiger partial charge is 0.0671 e. The van der Waals surface area contributed by atoms with Crippen molar-refractivity contribution < 1.29 is 0 Å². The van der Waals surface area contributed by atoms with Gasteiger partial charge in [-0.15, -0.1) is 0 Å². The third-order valence-corrected chi connectivity index (χ3v) is 4.20. The van der Waals surface area contributed by atoms with E-state index < -0.39 is 5.54 Å². The van der Waals surface area contributed by atoms with Crippen molar-refractivity contribution in [3.8, 4) is 0 Å². The summed E-state index contributed by atoms with van der Waals surface area (Å²) in [7, 11) is 0. The minimum Gasteiger partial charge on any atom is -0.318 e. The molecule has 3 aromatic carbocycles. The van der Waals surface area contributed by atoms with Gasteiger partial charge in [0.1, 0.15) is 0 Å². The summed E-state index contributed by atoms with van der Waals surface area (Å²) in [4.78, 5) is 0. The third kappa shape index (κ3) is 2.45. The second-order valence-corrected chi connectivity index (χ2v) is 5.61. The molecule has 2 N–H and O–H groups in total. The Labute approximate surface area is 126 Å². The van der Waals surface area contributed by atoms with E-state index in [4.69, 9.17) is 5.73 Å². The highest BCUT2D eigenvalue weighted by Gasteiger charge is 2.29. The van der Waals surface area contributed by atoms with E-state index in [2.05, 4.69) is 73.7 Å². The third-order valence-electron chi connectivity index (χ3n) is 4.20. The topological polar surface area (TPSA) is 26.0 Å². The van der Waals surface area contributed by atoms with Crippen LogP contribution in [0.4, 0.5) is 0 Å². The molecule has 3 rings (SSSR count). The normalized spacial score (nSPS) is 14.0. The molecule has 0 bridgehead atoms. The van der Waals surface area contributed by atoms with Gasteiger partial charge >= 0.3 is 0 Å². The molecule has 0 saturated heterocycles. The first kappa shape index (κ1) is 13.8. The zero-order chi connectivity index (χ0) is 14.7. The minimum absolute atomic E-state index is 0.434. The molecule has 1 heteroatoms. The van der Waals surface area contributed by atoms with Crippen LogP contribution >= 0.6 is 0 Å². The molecule has 0 fully saturated rings. The second kappa shape index (κ2) is 5.71. The van der Waals surface area contributed by atoms with E-state index in [1.165, 1.54) is 21.9 Å². The molecule has 0 aromatic heterocycles. The number of fused-ring (bicyclic) bond motifs is 1. The summed E-state index contributed by atoms with van der Waals surface area (Å²) in [5.74, 6) is 0. The highest BCUT2D eigenvalue weighted by molar-refractivity contribution is 5.87. The molecule has 0 aliphatic rings. The van der Waals surface area contributed by atoms with Crippen molar-refractivity contribution in [2.75, 3.05) is 0 Å². The van der Waals surface area contributed by atoms with Crippen LogP contribution < -0.4 is 5.73 Å². The Kier molecular flexibility index (Phi) is 3.76. The van der Waals surface area contributed by atoms with Crippen LogP contribution in [0.2, 0.25) is 0 Å². The molecule has 1 unspecified atom stereocenters. The average molecular weight is 275 g/mol. The lowest BCUT2D eigenvalue weighted by Gasteiger charge is -2.32. The molecule has 21 heavy (non-hydrogen) atoms. The van der Waals surface area contributed by atoms with Crippen LogP contribution in [0.25, 0.3) is 10.8 Å². The number of nitrogens with two attached hydrogens (primary N) is 1. The van der Waals surface area contributed by atoms with Gasteiger partial charge in [-0.05, 0) is 28.3 Å². The zero-order valence-corrected chi connectivity index (χ0v) is 12.4. The molecule has 1 nitrogen and oxygen atoms in total. The molecule has 0 radical (unpaired) electrons. The molecule has 0 spiro atoms. The lowest BCUT2D eigenvalue weighted by molar-refractivity contribution is 0.489. The van der Waals surface area contributed by atoms with Crippen molar-refractivity contribution in [2.24, 2.45) is 5.73 Å². The first-order valence-electron chi connectivity index (χ1n) is 7.58. The summed E-state index contributed by atoms with van der Waals surface area (Å²) in [5.41, 5.74) is 8.88. The Bertz CT molecular complexity index is 728. The van der Waals surface area contributed by atoms with Crippen LogP contribution in [-0.2, 0) is 5.54 Å². The van der Waals surface area contributed by atoms with Crippen LogP contribution in [0.5, 0.6) is 0 Å². The van der Waals surface area contributed by atoms with Crippen molar-refractivity contribution in [2.45, 2.75) is 25.3 Å². The lowest BCUT2D eigenvalue weighted by atomic mass is 9.78. The van der Waals surface area contributed by atoms with Gasteiger partial charge in [0, 0.05) is 0 Å². The van der Waals surface area contributed by atoms with Gasteiger partial charge in [0.2, 0.25) is 0 Å². The highest BCUT2D eigenvalue weighted by atomic mass is 14.7. The maximum atomic E-state index is 6.92. The van der Waals surface area contributed by atoms with E-state index in [0.29, 0.717) is 0 Å². The first-order chi connectivity index (χ1) is 10.3. The molecule has 0 heterocycles. The first-order valence-corrected chi connectivity index (χ1v) is 7.58. The fraction of sp³-hybridized carbons (Fsp3) is 0.200. The number of hydrogen-bond donors (Lipinski definition) is 1. The Balaban J connectivity index is 2.25. The summed E-state index contributed by atoms with van der Waals surface area (Å²) >= 11 is 0. The van der Waals surface area contributed by atoms with E-state index in [9.17, 15) is 0 Å². The maximum absolute atomic E-state index is 6.92. The van der Waals surface area contributed by atoms with Crippen LogP contribution in [0.3, 0.4) is 0 Å². The molecule has 0 aliphatic heterocycles. The van der Waals surface area contributed by atoms with Gasteiger partial charge in [0.25, 0.3) is 0 Å². The average Bonchev–Trinajstić information content (AvgIpc) is 2.55. The monoisotopic (exact) mass is 275 g/mol. The largest absolute Gasteiger partial charge is 0.318 e. The minimum atomic E-state index is -0.434. The fourth-order valence-corrected chi connectivity index (χ4v) is 3.18. The van der Waals surface area contributed by atoms with E-state index in [0.717, 1.165) is 12.8 Å². The van der Waals surface area contributed by atoms with E-state index in [1.807, 2.05) is 6.07 Å². The predicted molar refractivity (Wildman–Crippen MR) is 90.3 cm³/mol. The van der Waals surface area contributed by atoms with Crippen LogP contribution in [0.1, 0.15) is 30.9 Å². The van der Waals surface area contributed by atoms with Crippen LogP contribution in [-0.4, -0.2) is 0 Å². The molecule has 0 aliphatic carbocycles. The summed E-state index contributed by atoms with van der Waals surface area (Å²) in [6.45, 7) is 2.19. The Hall–Kier alpha value is -2.12. The second-order valence-electron chi connectivity index (χ2n) is 5.61. The number of hydrogen-bond acceptors (Lipinski definition) is 1. The number of rotatable bonds is 4. The van der Waals surface area contributed by atoms with E-state index in [1.54, 1.807) is 0 Å². The SMILES string of the molecule is CCCC(N)(c1ccccc1)c1cccc2ccccc12.